The van der Waals surface area contributed by atoms with Gasteiger partial charge in [-0.1, -0.05) is 91.0 Å². The first-order valence-corrected chi connectivity index (χ1v) is 16.3. The highest BCUT2D eigenvalue weighted by Crippen LogP contribution is 2.51. The summed E-state index contributed by atoms with van der Waals surface area (Å²) in [4.78, 5) is 0. The second kappa shape index (κ2) is 11.2. The smallest absolute Gasteiger partial charge is 0.0991 e. The van der Waals surface area contributed by atoms with Gasteiger partial charge in [0.25, 0.3) is 0 Å². The molecular formula is C46H32N2. The summed E-state index contributed by atoms with van der Waals surface area (Å²) in [6.07, 6.45) is 0. The van der Waals surface area contributed by atoms with Crippen LogP contribution in [0.2, 0.25) is 0 Å². The third kappa shape index (κ3) is 4.62. The summed E-state index contributed by atoms with van der Waals surface area (Å²) >= 11 is 0. The number of benzene rings is 7. The van der Waals surface area contributed by atoms with Crippen molar-refractivity contribution in [1.82, 2.24) is 0 Å². The van der Waals surface area contributed by atoms with Crippen molar-refractivity contribution in [2.24, 2.45) is 0 Å². The Hall–Kier alpha value is -6.22. The maximum Gasteiger partial charge on any atom is 0.0991 e. The highest BCUT2D eigenvalue weighted by atomic mass is 14.3. The van der Waals surface area contributed by atoms with Crippen molar-refractivity contribution in [3.63, 3.8) is 0 Å². The minimum Gasteiger partial charge on any atom is -0.192 e. The fourth-order valence-electron chi connectivity index (χ4n) is 7.85. The Morgan fingerprint density at radius 1 is 0.375 bits per heavy atom. The Kier molecular flexibility index (Phi) is 6.84. The van der Waals surface area contributed by atoms with Crippen LogP contribution in [0.1, 0.15) is 33.4 Å². The molecule has 7 aromatic rings. The molecule has 0 saturated heterocycles. The molecule has 0 aromatic heterocycles. The first-order valence-electron chi connectivity index (χ1n) is 16.3. The van der Waals surface area contributed by atoms with Gasteiger partial charge in [0.2, 0.25) is 0 Å². The van der Waals surface area contributed by atoms with Crippen LogP contribution in [0.3, 0.4) is 0 Å². The number of hydrogen-bond donors (Lipinski definition) is 0. The van der Waals surface area contributed by atoms with E-state index >= 15 is 0 Å². The quantitative estimate of drug-likeness (QED) is 0.198. The average Bonchev–Trinajstić information content (AvgIpc) is 3.42. The molecule has 0 saturated carbocycles. The third-order valence-corrected chi connectivity index (χ3v) is 9.96. The minimum atomic E-state index is 0.674. The van der Waals surface area contributed by atoms with Gasteiger partial charge in [-0.05, 0) is 158 Å². The van der Waals surface area contributed by atoms with Crippen LogP contribution in [0.4, 0.5) is 0 Å². The van der Waals surface area contributed by atoms with Crippen molar-refractivity contribution >= 4 is 10.8 Å². The molecule has 1 aliphatic carbocycles. The second-order valence-corrected chi connectivity index (χ2v) is 13.0. The van der Waals surface area contributed by atoms with E-state index in [2.05, 4.69) is 113 Å². The zero-order chi connectivity index (χ0) is 33.1. The van der Waals surface area contributed by atoms with Gasteiger partial charge in [-0.2, -0.15) is 10.5 Å². The summed E-state index contributed by atoms with van der Waals surface area (Å²) in [7, 11) is 0. The van der Waals surface area contributed by atoms with Gasteiger partial charge in [-0.3, -0.25) is 0 Å². The van der Waals surface area contributed by atoms with E-state index in [1.165, 1.54) is 88.7 Å². The Labute approximate surface area is 281 Å². The van der Waals surface area contributed by atoms with Crippen molar-refractivity contribution < 1.29 is 0 Å². The van der Waals surface area contributed by atoms with Gasteiger partial charge in [0, 0.05) is 0 Å². The molecule has 0 aliphatic heterocycles. The SMILES string of the molecule is Cc1cc(-c2ccc(C#N)cc2)cc(C)c1-c1ccc2c(c1)-c1cccc3c(-c4c(C)cc(-c5ccc(C#N)cc5)cc4C)ccc-2c13. The standard InChI is InChI=1S/C46H32N2/c1-27-20-36(33-12-8-31(25-47)9-13-33)21-28(2)44(27)35-16-17-38-41-18-19-42(39-6-5-7-40(46(39)41)43(38)24-35)45-29(3)22-37(23-30(45)4)34-14-10-32(26-48)11-15-34/h5-24H,1-4H3. The van der Waals surface area contributed by atoms with Crippen LogP contribution in [-0.4, -0.2) is 0 Å². The van der Waals surface area contributed by atoms with Gasteiger partial charge < -0.3 is 0 Å². The molecule has 0 fully saturated rings. The fourth-order valence-corrected chi connectivity index (χ4v) is 7.85. The maximum atomic E-state index is 9.23. The summed E-state index contributed by atoms with van der Waals surface area (Å²) in [5.74, 6) is 0. The van der Waals surface area contributed by atoms with Gasteiger partial charge in [-0.25, -0.2) is 0 Å². The molecule has 0 heterocycles. The lowest BCUT2D eigenvalue weighted by atomic mass is 9.87. The molecule has 2 nitrogen and oxygen atoms in total. The molecule has 0 amide bonds. The van der Waals surface area contributed by atoms with Crippen LogP contribution in [0.25, 0.3) is 77.5 Å². The van der Waals surface area contributed by atoms with Gasteiger partial charge in [0.05, 0.1) is 23.3 Å². The topological polar surface area (TPSA) is 47.6 Å². The largest absolute Gasteiger partial charge is 0.192 e. The van der Waals surface area contributed by atoms with Crippen molar-refractivity contribution in [2.45, 2.75) is 27.7 Å². The van der Waals surface area contributed by atoms with E-state index in [4.69, 9.17) is 0 Å². The zero-order valence-corrected chi connectivity index (χ0v) is 27.4. The fraction of sp³-hybridized carbons (Fsp3) is 0.0870. The number of hydrogen-bond acceptors (Lipinski definition) is 2. The number of rotatable bonds is 4. The van der Waals surface area contributed by atoms with Crippen LogP contribution in [-0.2, 0) is 0 Å². The lowest BCUT2D eigenvalue weighted by Gasteiger charge is -2.16. The first kappa shape index (κ1) is 29.2. The Morgan fingerprint density at radius 2 is 0.833 bits per heavy atom. The van der Waals surface area contributed by atoms with E-state index in [-0.39, 0.29) is 0 Å². The van der Waals surface area contributed by atoms with Gasteiger partial charge in [0.15, 0.2) is 0 Å². The Morgan fingerprint density at radius 3 is 1.38 bits per heavy atom. The van der Waals surface area contributed by atoms with E-state index in [9.17, 15) is 10.5 Å². The number of nitriles is 2. The summed E-state index contributed by atoms with van der Waals surface area (Å²) in [6, 6.07) is 47.4. The molecule has 2 heteroatoms. The molecular weight excluding hydrogens is 581 g/mol. The first-order chi connectivity index (χ1) is 23.3. The predicted molar refractivity (Wildman–Crippen MR) is 198 cm³/mol. The maximum absolute atomic E-state index is 9.23. The van der Waals surface area contributed by atoms with E-state index in [0.717, 1.165) is 11.1 Å². The summed E-state index contributed by atoms with van der Waals surface area (Å²) < 4.78 is 0. The lowest BCUT2D eigenvalue weighted by molar-refractivity contribution is 1.37. The number of fused-ring (bicyclic) bond motifs is 3. The molecule has 226 valence electrons. The highest BCUT2D eigenvalue weighted by molar-refractivity contribution is 6.19. The van der Waals surface area contributed by atoms with E-state index in [0.29, 0.717) is 11.1 Å². The molecule has 8 rings (SSSR count). The van der Waals surface area contributed by atoms with Crippen molar-refractivity contribution in [3.8, 4) is 78.9 Å². The monoisotopic (exact) mass is 612 g/mol. The zero-order valence-electron chi connectivity index (χ0n) is 27.4. The van der Waals surface area contributed by atoms with Crippen molar-refractivity contribution in [3.05, 3.63) is 155 Å². The summed E-state index contributed by atoms with van der Waals surface area (Å²) in [6.45, 7) is 8.80. The van der Waals surface area contributed by atoms with Crippen LogP contribution >= 0.6 is 0 Å². The average molecular weight is 613 g/mol. The molecule has 0 N–H and O–H groups in total. The molecule has 48 heavy (non-hydrogen) atoms. The minimum absolute atomic E-state index is 0.674. The van der Waals surface area contributed by atoms with Crippen LogP contribution in [0.15, 0.2) is 121 Å². The highest BCUT2D eigenvalue weighted by Gasteiger charge is 2.24. The van der Waals surface area contributed by atoms with E-state index < -0.39 is 0 Å². The normalized spacial score (nSPS) is 11.3. The Balaban J connectivity index is 1.20. The number of aryl methyl sites for hydroxylation is 4. The van der Waals surface area contributed by atoms with Crippen molar-refractivity contribution in [2.75, 3.05) is 0 Å². The van der Waals surface area contributed by atoms with Gasteiger partial charge in [0.1, 0.15) is 0 Å². The molecule has 0 atom stereocenters. The predicted octanol–water partition coefficient (Wildman–Crippen LogP) is 12.1. The molecule has 7 aromatic carbocycles. The molecule has 0 unspecified atom stereocenters. The van der Waals surface area contributed by atoms with Crippen molar-refractivity contribution in [1.29, 1.82) is 10.5 Å². The lowest BCUT2D eigenvalue weighted by Crippen LogP contribution is -1.92. The van der Waals surface area contributed by atoms with E-state index in [1.807, 2.05) is 48.5 Å². The summed E-state index contributed by atoms with van der Waals surface area (Å²) in [5, 5.41) is 21.0. The Bertz CT molecular complexity index is 2490. The molecule has 1 aliphatic rings. The molecule has 0 bridgehead atoms. The molecule has 0 radical (unpaired) electrons. The second-order valence-electron chi connectivity index (χ2n) is 13.0. The number of nitrogens with zero attached hydrogens (tertiary/aromatic N) is 2. The molecule has 0 spiro atoms. The van der Waals surface area contributed by atoms with Gasteiger partial charge in [-0.15, -0.1) is 0 Å². The van der Waals surface area contributed by atoms with Gasteiger partial charge >= 0.3 is 0 Å². The van der Waals surface area contributed by atoms with Crippen LogP contribution < -0.4 is 0 Å². The van der Waals surface area contributed by atoms with Crippen LogP contribution in [0.5, 0.6) is 0 Å². The summed E-state index contributed by atoms with van der Waals surface area (Å²) in [5.41, 5.74) is 21.0. The van der Waals surface area contributed by atoms with E-state index in [1.54, 1.807) is 0 Å². The third-order valence-electron chi connectivity index (χ3n) is 9.96. The van der Waals surface area contributed by atoms with Crippen LogP contribution in [0, 0.1) is 50.4 Å².